The van der Waals surface area contributed by atoms with Crippen LogP contribution in [0.4, 0.5) is 4.39 Å². The second-order valence-electron chi connectivity index (χ2n) is 6.36. The average molecular weight is 367 g/mol. The highest BCUT2D eigenvalue weighted by atomic mass is 19.1. The summed E-state index contributed by atoms with van der Waals surface area (Å²) in [4.78, 5) is 0. The molecule has 6 heteroatoms. The van der Waals surface area contributed by atoms with Crippen molar-refractivity contribution < 1.29 is 28.4 Å². The second-order valence-corrected chi connectivity index (χ2v) is 6.36. The van der Waals surface area contributed by atoms with E-state index in [2.05, 4.69) is 20.8 Å². The highest BCUT2D eigenvalue weighted by Gasteiger charge is 2.27. The summed E-state index contributed by atoms with van der Waals surface area (Å²) in [6.07, 6.45) is 1.89. The van der Waals surface area contributed by atoms with Crippen molar-refractivity contribution in [2.45, 2.75) is 90.9 Å². The summed E-state index contributed by atoms with van der Waals surface area (Å²) in [5.41, 5.74) is 0. The summed E-state index contributed by atoms with van der Waals surface area (Å²) in [7, 11) is 0. The smallest absolute Gasteiger partial charge is 0.183 e. The lowest BCUT2D eigenvalue weighted by Gasteiger charge is -2.28. The van der Waals surface area contributed by atoms with E-state index in [0.29, 0.717) is 19.8 Å². The first-order valence-corrected chi connectivity index (χ1v) is 9.81. The van der Waals surface area contributed by atoms with Gasteiger partial charge in [0.25, 0.3) is 0 Å². The molecule has 0 bridgehead atoms. The predicted molar refractivity (Wildman–Crippen MR) is 97.6 cm³/mol. The molecule has 0 saturated carbocycles. The predicted octanol–water partition coefficient (Wildman–Crippen LogP) is 3.87. The molecule has 0 fully saturated rings. The molecule has 25 heavy (non-hydrogen) atoms. The SMILES string of the molecule is CCCCOCC(OCCCC)C(O)OC(COCCCC)[C@H](C)F. The molecule has 0 rings (SSSR count). The van der Waals surface area contributed by atoms with Crippen LogP contribution in [-0.4, -0.2) is 62.8 Å². The van der Waals surface area contributed by atoms with E-state index in [4.69, 9.17) is 18.9 Å². The molecular formula is C19H39FO5. The first-order chi connectivity index (χ1) is 12.1. The monoisotopic (exact) mass is 366 g/mol. The molecule has 0 heterocycles. The minimum Gasteiger partial charge on any atom is -0.379 e. The Labute approximate surface area is 153 Å². The Morgan fingerprint density at radius 1 is 0.800 bits per heavy atom. The fourth-order valence-corrected chi connectivity index (χ4v) is 2.03. The number of hydrogen-bond acceptors (Lipinski definition) is 5. The number of aliphatic hydroxyl groups excluding tert-OH is 1. The van der Waals surface area contributed by atoms with Crippen molar-refractivity contribution in [2.24, 2.45) is 0 Å². The zero-order valence-corrected chi connectivity index (χ0v) is 16.5. The van der Waals surface area contributed by atoms with Crippen LogP contribution in [0, 0.1) is 0 Å². The summed E-state index contributed by atoms with van der Waals surface area (Å²) in [6, 6.07) is 0. The van der Waals surface area contributed by atoms with Gasteiger partial charge >= 0.3 is 0 Å². The highest BCUT2D eigenvalue weighted by molar-refractivity contribution is 4.69. The molecule has 0 aromatic heterocycles. The molecule has 152 valence electrons. The molecular weight excluding hydrogens is 327 g/mol. The molecule has 0 aliphatic rings. The normalized spacial score (nSPS) is 16.6. The number of hydrogen-bond donors (Lipinski definition) is 1. The van der Waals surface area contributed by atoms with Crippen LogP contribution in [0.1, 0.15) is 66.2 Å². The van der Waals surface area contributed by atoms with Gasteiger partial charge in [-0.3, -0.25) is 0 Å². The van der Waals surface area contributed by atoms with E-state index in [9.17, 15) is 9.50 Å². The summed E-state index contributed by atoms with van der Waals surface area (Å²) in [5, 5.41) is 10.3. The quantitative estimate of drug-likeness (QED) is 0.295. The van der Waals surface area contributed by atoms with Gasteiger partial charge in [-0.25, -0.2) is 4.39 Å². The zero-order valence-electron chi connectivity index (χ0n) is 16.5. The molecule has 0 amide bonds. The van der Waals surface area contributed by atoms with E-state index in [1.54, 1.807) is 0 Å². The molecule has 4 atom stereocenters. The number of alkyl halides is 1. The highest BCUT2D eigenvalue weighted by Crippen LogP contribution is 2.12. The summed E-state index contributed by atoms with van der Waals surface area (Å²) in [6.45, 7) is 9.67. The Kier molecular flexibility index (Phi) is 17.0. The van der Waals surface area contributed by atoms with Gasteiger partial charge in [-0.2, -0.15) is 0 Å². The maximum Gasteiger partial charge on any atom is 0.183 e. The first kappa shape index (κ1) is 24.7. The van der Waals surface area contributed by atoms with Crippen molar-refractivity contribution >= 4 is 0 Å². The molecule has 1 N–H and O–H groups in total. The van der Waals surface area contributed by atoms with Gasteiger partial charge in [0.1, 0.15) is 18.4 Å². The molecule has 0 aromatic rings. The lowest BCUT2D eigenvalue weighted by Crippen LogP contribution is -2.42. The number of rotatable bonds is 18. The average Bonchev–Trinajstić information content (AvgIpc) is 2.59. The Bertz CT molecular complexity index is 279. The third-order valence-electron chi connectivity index (χ3n) is 3.82. The second kappa shape index (κ2) is 17.2. The zero-order chi connectivity index (χ0) is 18.9. The number of halogens is 1. The van der Waals surface area contributed by atoms with Crippen molar-refractivity contribution in [3.8, 4) is 0 Å². The van der Waals surface area contributed by atoms with Crippen molar-refractivity contribution in [2.75, 3.05) is 33.0 Å². The fourth-order valence-electron chi connectivity index (χ4n) is 2.03. The summed E-state index contributed by atoms with van der Waals surface area (Å²) >= 11 is 0. The van der Waals surface area contributed by atoms with E-state index in [1.165, 1.54) is 6.92 Å². The Morgan fingerprint density at radius 2 is 1.28 bits per heavy atom. The minimum absolute atomic E-state index is 0.118. The van der Waals surface area contributed by atoms with Crippen LogP contribution in [0.15, 0.2) is 0 Å². The van der Waals surface area contributed by atoms with E-state index in [1.807, 2.05) is 0 Å². The van der Waals surface area contributed by atoms with E-state index < -0.39 is 24.7 Å². The Morgan fingerprint density at radius 3 is 1.76 bits per heavy atom. The van der Waals surface area contributed by atoms with E-state index >= 15 is 0 Å². The van der Waals surface area contributed by atoms with Gasteiger partial charge in [0, 0.05) is 19.8 Å². The summed E-state index contributed by atoms with van der Waals surface area (Å²) < 4.78 is 35.9. The minimum atomic E-state index is -1.24. The fraction of sp³-hybridized carbons (Fsp3) is 1.00. The van der Waals surface area contributed by atoms with Gasteiger partial charge in [-0.15, -0.1) is 0 Å². The van der Waals surface area contributed by atoms with Crippen LogP contribution >= 0.6 is 0 Å². The largest absolute Gasteiger partial charge is 0.379 e. The van der Waals surface area contributed by atoms with E-state index in [0.717, 1.165) is 38.5 Å². The maximum absolute atomic E-state index is 13.8. The molecule has 0 aliphatic heterocycles. The van der Waals surface area contributed by atoms with Crippen molar-refractivity contribution in [3.05, 3.63) is 0 Å². The topological polar surface area (TPSA) is 57.2 Å². The molecule has 3 unspecified atom stereocenters. The van der Waals surface area contributed by atoms with Crippen LogP contribution in [-0.2, 0) is 18.9 Å². The third-order valence-corrected chi connectivity index (χ3v) is 3.82. The number of unbranched alkanes of at least 4 members (excludes halogenated alkanes) is 3. The standard InChI is InChI=1S/C19H39FO5/c1-5-8-11-22-14-17(16(4)20)25-19(21)18(24-13-10-7-3)15-23-12-9-6-2/h16-19,21H,5-15H2,1-4H3/t16-,17?,18?,19?/m0/s1. The maximum atomic E-state index is 13.8. The van der Waals surface area contributed by atoms with Gasteiger partial charge < -0.3 is 24.1 Å². The van der Waals surface area contributed by atoms with Crippen molar-refractivity contribution in [1.29, 1.82) is 0 Å². The molecule has 0 saturated heterocycles. The van der Waals surface area contributed by atoms with Gasteiger partial charge in [-0.1, -0.05) is 40.0 Å². The lowest BCUT2D eigenvalue weighted by atomic mass is 10.2. The van der Waals surface area contributed by atoms with Gasteiger partial charge in [0.05, 0.1) is 13.2 Å². The van der Waals surface area contributed by atoms with Crippen LogP contribution < -0.4 is 0 Å². The van der Waals surface area contributed by atoms with Crippen molar-refractivity contribution in [3.63, 3.8) is 0 Å². The van der Waals surface area contributed by atoms with E-state index in [-0.39, 0.29) is 13.2 Å². The molecule has 5 nitrogen and oxygen atoms in total. The molecule has 0 aliphatic carbocycles. The Hall–Kier alpha value is -0.270. The van der Waals surface area contributed by atoms with Crippen LogP contribution in [0.5, 0.6) is 0 Å². The lowest BCUT2D eigenvalue weighted by molar-refractivity contribution is -0.229. The molecule has 0 aromatic carbocycles. The van der Waals surface area contributed by atoms with Gasteiger partial charge in [0.15, 0.2) is 6.29 Å². The third kappa shape index (κ3) is 13.6. The first-order valence-electron chi connectivity index (χ1n) is 9.81. The Balaban J connectivity index is 4.44. The number of aliphatic hydroxyl groups is 1. The van der Waals surface area contributed by atoms with Crippen LogP contribution in [0.2, 0.25) is 0 Å². The van der Waals surface area contributed by atoms with Crippen molar-refractivity contribution in [1.82, 2.24) is 0 Å². The van der Waals surface area contributed by atoms with Crippen LogP contribution in [0.3, 0.4) is 0 Å². The summed E-state index contributed by atoms with van der Waals surface area (Å²) in [5.74, 6) is 0. The molecule has 0 spiro atoms. The van der Waals surface area contributed by atoms with Gasteiger partial charge in [-0.05, 0) is 26.2 Å². The van der Waals surface area contributed by atoms with Gasteiger partial charge in [0.2, 0.25) is 0 Å². The molecule has 0 radical (unpaired) electrons. The van der Waals surface area contributed by atoms with Crippen LogP contribution in [0.25, 0.3) is 0 Å². The number of ether oxygens (including phenoxy) is 4.